The van der Waals surface area contributed by atoms with Crippen LogP contribution in [0.25, 0.3) is 0 Å². The van der Waals surface area contributed by atoms with Gasteiger partial charge in [0, 0.05) is 24.5 Å². The van der Waals surface area contributed by atoms with Crippen molar-refractivity contribution in [3.63, 3.8) is 0 Å². The molecule has 1 aliphatic rings. The first kappa shape index (κ1) is 15.8. The molecular weight excluding hydrogens is 509 g/mol. The van der Waals surface area contributed by atoms with E-state index in [4.69, 9.17) is 4.74 Å². The highest BCUT2D eigenvalue weighted by Crippen LogP contribution is 2.40. The van der Waals surface area contributed by atoms with Crippen LogP contribution in [0, 0.1) is 3.57 Å². The summed E-state index contributed by atoms with van der Waals surface area (Å²) in [4.78, 5) is 0. The Kier molecular flexibility index (Phi) is 4.93. The van der Waals surface area contributed by atoms with Gasteiger partial charge in [-0.3, -0.25) is 0 Å². The predicted molar refractivity (Wildman–Crippen MR) is 101 cm³/mol. The van der Waals surface area contributed by atoms with Crippen molar-refractivity contribution in [2.24, 2.45) is 0 Å². The molecule has 1 atom stereocenters. The van der Waals surface area contributed by atoms with E-state index in [2.05, 4.69) is 90.1 Å². The van der Waals surface area contributed by atoms with E-state index in [1.54, 1.807) is 0 Å². The van der Waals surface area contributed by atoms with Gasteiger partial charge < -0.3 is 10.1 Å². The van der Waals surface area contributed by atoms with Crippen LogP contribution in [0.3, 0.4) is 0 Å². The number of rotatable bonds is 3. The van der Waals surface area contributed by atoms with Crippen molar-refractivity contribution in [3.05, 3.63) is 59.5 Å². The Morgan fingerprint density at radius 3 is 2.76 bits per heavy atom. The molecule has 3 rings (SSSR count). The van der Waals surface area contributed by atoms with Gasteiger partial charge in [0.2, 0.25) is 0 Å². The highest BCUT2D eigenvalue weighted by Gasteiger charge is 2.25. The lowest BCUT2D eigenvalue weighted by atomic mass is 9.96. The normalized spacial score (nSPS) is 14.7. The fourth-order valence-electron chi connectivity index (χ4n) is 2.73. The first-order valence-corrected chi connectivity index (χ1v) is 9.34. The Bertz CT molecular complexity index is 690. The summed E-state index contributed by atoms with van der Waals surface area (Å²) in [6.07, 6.45) is 0.978. The van der Waals surface area contributed by atoms with Gasteiger partial charge in [-0.25, -0.2) is 0 Å². The maximum Gasteiger partial charge on any atom is 0.127 e. The lowest BCUT2D eigenvalue weighted by molar-refractivity contribution is 0.351. The molecule has 2 nitrogen and oxygen atoms in total. The smallest absolute Gasteiger partial charge is 0.127 e. The summed E-state index contributed by atoms with van der Waals surface area (Å²) >= 11 is 9.64. The molecule has 1 heterocycles. The van der Waals surface area contributed by atoms with Gasteiger partial charge in [-0.2, -0.15) is 0 Å². The van der Waals surface area contributed by atoms with E-state index in [0.29, 0.717) is 0 Å². The monoisotopic (exact) mass is 521 g/mol. The van der Waals surface area contributed by atoms with Gasteiger partial charge >= 0.3 is 0 Å². The zero-order chi connectivity index (χ0) is 15.0. The Morgan fingerprint density at radius 2 is 2.00 bits per heavy atom. The van der Waals surface area contributed by atoms with E-state index >= 15 is 0 Å². The molecule has 0 aliphatic carbocycles. The van der Waals surface area contributed by atoms with Gasteiger partial charge in [-0.1, -0.05) is 31.9 Å². The van der Waals surface area contributed by atoms with E-state index in [9.17, 15) is 0 Å². The quantitative estimate of drug-likeness (QED) is 0.569. The minimum absolute atomic E-state index is 0.0958. The van der Waals surface area contributed by atoms with Gasteiger partial charge in [-0.15, -0.1) is 0 Å². The van der Waals surface area contributed by atoms with Crippen LogP contribution in [0.5, 0.6) is 5.75 Å². The van der Waals surface area contributed by atoms with Crippen molar-refractivity contribution in [1.29, 1.82) is 0 Å². The second-order valence-corrected chi connectivity index (χ2v) is 7.98. The number of nitrogens with one attached hydrogen (secondary N) is 1. The van der Waals surface area contributed by atoms with Crippen molar-refractivity contribution in [2.75, 3.05) is 13.7 Å². The van der Waals surface area contributed by atoms with Crippen LogP contribution in [0.2, 0.25) is 0 Å². The molecule has 2 aromatic carbocycles. The van der Waals surface area contributed by atoms with Crippen molar-refractivity contribution in [2.45, 2.75) is 12.5 Å². The molecular formula is C16H14Br2INO. The minimum Gasteiger partial charge on any atom is -0.493 e. The third kappa shape index (κ3) is 3.16. The SMILES string of the molecule is CNC(c1cc(I)ccc1Br)c1cc(Br)cc2c1OCC2. The number of ether oxygens (including phenoxy) is 1. The third-order valence-corrected chi connectivity index (χ3v) is 5.50. The number of fused-ring (bicyclic) bond motifs is 1. The summed E-state index contributed by atoms with van der Waals surface area (Å²) in [7, 11) is 1.99. The van der Waals surface area contributed by atoms with Gasteiger partial charge in [0.25, 0.3) is 0 Å². The number of benzene rings is 2. The highest BCUT2D eigenvalue weighted by molar-refractivity contribution is 14.1. The maximum atomic E-state index is 5.88. The van der Waals surface area contributed by atoms with Crippen LogP contribution >= 0.6 is 54.5 Å². The topological polar surface area (TPSA) is 21.3 Å². The Balaban J connectivity index is 2.15. The summed E-state index contributed by atoms with van der Waals surface area (Å²) in [6, 6.07) is 10.8. The molecule has 0 spiro atoms. The highest BCUT2D eigenvalue weighted by atomic mass is 127. The van der Waals surface area contributed by atoms with Crippen LogP contribution < -0.4 is 10.1 Å². The van der Waals surface area contributed by atoms with E-state index in [1.807, 2.05) is 7.05 Å². The summed E-state index contributed by atoms with van der Waals surface area (Å²) < 4.78 is 9.31. The zero-order valence-corrected chi connectivity index (χ0v) is 16.7. The molecule has 110 valence electrons. The minimum atomic E-state index is 0.0958. The Morgan fingerprint density at radius 1 is 1.19 bits per heavy atom. The van der Waals surface area contributed by atoms with Gasteiger partial charge in [0.15, 0.2) is 0 Å². The van der Waals surface area contributed by atoms with Crippen LogP contribution in [0.15, 0.2) is 39.3 Å². The summed E-state index contributed by atoms with van der Waals surface area (Å²) in [5.74, 6) is 1.03. The molecule has 0 bridgehead atoms. The van der Waals surface area contributed by atoms with E-state index in [1.165, 1.54) is 20.3 Å². The lowest BCUT2D eigenvalue weighted by Crippen LogP contribution is -2.19. The number of hydrogen-bond donors (Lipinski definition) is 1. The molecule has 1 aliphatic heterocycles. The third-order valence-electron chi connectivity index (χ3n) is 3.65. The first-order chi connectivity index (χ1) is 10.1. The second-order valence-electron chi connectivity index (χ2n) is 4.97. The number of halogens is 3. The van der Waals surface area contributed by atoms with E-state index in [0.717, 1.165) is 27.7 Å². The average Bonchev–Trinajstić information content (AvgIpc) is 2.91. The Hall–Kier alpha value is -0.110. The molecule has 21 heavy (non-hydrogen) atoms. The fraction of sp³-hybridized carbons (Fsp3) is 0.250. The van der Waals surface area contributed by atoms with Crippen LogP contribution in [-0.2, 0) is 6.42 Å². The van der Waals surface area contributed by atoms with E-state index < -0.39 is 0 Å². The van der Waals surface area contributed by atoms with E-state index in [-0.39, 0.29) is 6.04 Å². The molecule has 0 saturated carbocycles. The lowest BCUT2D eigenvalue weighted by Gasteiger charge is -2.21. The van der Waals surface area contributed by atoms with Gasteiger partial charge in [0.05, 0.1) is 12.6 Å². The molecule has 5 heteroatoms. The number of hydrogen-bond acceptors (Lipinski definition) is 2. The summed E-state index contributed by atoms with van der Waals surface area (Å²) in [6.45, 7) is 0.767. The second kappa shape index (κ2) is 6.56. The predicted octanol–water partition coefficient (Wildman–Crippen LogP) is 5.06. The van der Waals surface area contributed by atoms with Crippen LogP contribution in [-0.4, -0.2) is 13.7 Å². The summed E-state index contributed by atoms with van der Waals surface area (Å²) in [5.41, 5.74) is 3.68. The van der Waals surface area contributed by atoms with Crippen LogP contribution in [0.1, 0.15) is 22.7 Å². The zero-order valence-electron chi connectivity index (χ0n) is 11.4. The standard InChI is InChI=1S/C16H14Br2INO/c1-20-15(12-8-11(19)2-3-14(12)18)13-7-10(17)6-9-4-5-21-16(9)13/h2-3,6-8,15,20H,4-5H2,1H3. The average molecular weight is 523 g/mol. The van der Waals surface area contributed by atoms with Crippen molar-refractivity contribution < 1.29 is 4.74 Å². The summed E-state index contributed by atoms with van der Waals surface area (Å²) in [5, 5.41) is 3.43. The molecule has 0 amide bonds. The molecule has 0 aromatic heterocycles. The molecule has 2 aromatic rings. The molecule has 0 radical (unpaired) electrons. The van der Waals surface area contributed by atoms with Crippen molar-refractivity contribution in [3.8, 4) is 5.75 Å². The molecule has 0 saturated heterocycles. The maximum absolute atomic E-state index is 5.88. The Labute approximate surface area is 155 Å². The largest absolute Gasteiger partial charge is 0.493 e. The van der Waals surface area contributed by atoms with Crippen molar-refractivity contribution >= 4 is 54.5 Å². The molecule has 0 fully saturated rings. The van der Waals surface area contributed by atoms with Gasteiger partial charge in [-0.05, 0) is 71.1 Å². The molecule has 1 unspecified atom stereocenters. The fourth-order valence-corrected chi connectivity index (χ4v) is 4.24. The first-order valence-electron chi connectivity index (χ1n) is 6.67. The van der Waals surface area contributed by atoms with Crippen molar-refractivity contribution in [1.82, 2.24) is 5.32 Å². The van der Waals surface area contributed by atoms with Gasteiger partial charge in [0.1, 0.15) is 5.75 Å². The van der Waals surface area contributed by atoms with Crippen LogP contribution in [0.4, 0.5) is 0 Å². The molecule has 1 N–H and O–H groups in total.